The van der Waals surface area contributed by atoms with Gasteiger partial charge in [0, 0.05) is 5.02 Å². The topological polar surface area (TPSA) is 69.4 Å². The Morgan fingerprint density at radius 2 is 1.79 bits per heavy atom. The first-order valence-corrected chi connectivity index (χ1v) is 10.8. The highest BCUT2D eigenvalue weighted by atomic mass is 35.5. The number of rotatable bonds is 4. The quantitative estimate of drug-likeness (QED) is 0.349. The van der Waals surface area contributed by atoms with Gasteiger partial charge >= 0.3 is 10.1 Å². The molecule has 5 nitrogen and oxygen atoms in total. The van der Waals surface area contributed by atoms with Crippen LogP contribution in [0, 0.1) is 13.8 Å². The van der Waals surface area contributed by atoms with E-state index in [1.54, 1.807) is 25.1 Å². The summed E-state index contributed by atoms with van der Waals surface area (Å²) in [5.74, 6) is 0.392. The Morgan fingerprint density at radius 3 is 2.55 bits per heavy atom. The van der Waals surface area contributed by atoms with Gasteiger partial charge < -0.3 is 8.60 Å². The van der Waals surface area contributed by atoms with E-state index in [0.29, 0.717) is 27.2 Å². The molecule has 0 amide bonds. The zero-order valence-corrected chi connectivity index (χ0v) is 17.8. The molecule has 0 saturated heterocycles. The van der Waals surface area contributed by atoms with Gasteiger partial charge in [-0.2, -0.15) is 8.42 Å². The van der Waals surface area contributed by atoms with E-state index >= 15 is 0 Å². The minimum absolute atomic E-state index is 0.0232. The number of para-hydroxylation sites is 1. The standard InChI is InChI=1S/C21H15Cl2NO4S/c1-12-6-8-18-17(10-12)24-21(27-18)15-5-3-4-13(2)20(15)28-29(25,26)19-9-7-14(22)11-16(19)23/h3-11H,1-2H3. The van der Waals surface area contributed by atoms with Gasteiger partial charge in [0.15, 0.2) is 11.3 Å². The predicted molar refractivity (Wildman–Crippen MR) is 113 cm³/mol. The van der Waals surface area contributed by atoms with Crippen LogP contribution < -0.4 is 4.18 Å². The highest BCUT2D eigenvalue weighted by molar-refractivity contribution is 7.87. The van der Waals surface area contributed by atoms with Gasteiger partial charge in [-0.1, -0.05) is 41.4 Å². The highest BCUT2D eigenvalue weighted by Gasteiger charge is 2.25. The van der Waals surface area contributed by atoms with Crippen molar-refractivity contribution in [3.8, 4) is 17.2 Å². The van der Waals surface area contributed by atoms with Crippen LogP contribution >= 0.6 is 23.2 Å². The van der Waals surface area contributed by atoms with Crippen LogP contribution in [0.3, 0.4) is 0 Å². The fourth-order valence-corrected chi connectivity index (χ4v) is 4.67. The normalized spacial score (nSPS) is 11.7. The zero-order chi connectivity index (χ0) is 20.8. The van der Waals surface area contributed by atoms with Crippen molar-refractivity contribution in [2.45, 2.75) is 18.7 Å². The molecule has 0 fully saturated rings. The Morgan fingerprint density at radius 1 is 1.00 bits per heavy atom. The molecule has 4 aromatic rings. The fraction of sp³-hybridized carbons (Fsp3) is 0.0952. The number of hydrogen-bond donors (Lipinski definition) is 0. The molecule has 0 spiro atoms. The molecule has 0 N–H and O–H groups in total. The third-order valence-electron chi connectivity index (χ3n) is 4.34. The first-order chi connectivity index (χ1) is 13.7. The molecule has 0 radical (unpaired) electrons. The van der Waals surface area contributed by atoms with Gasteiger partial charge in [-0.15, -0.1) is 0 Å². The van der Waals surface area contributed by atoms with Crippen molar-refractivity contribution in [3.05, 3.63) is 75.8 Å². The molecule has 0 unspecified atom stereocenters. The summed E-state index contributed by atoms with van der Waals surface area (Å²) in [5, 5.41) is 0.303. The van der Waals surface area contributed by atoms with Crippen LogP contribution in [0.1, 0.15) is 11.1 Å². The van der Waals surface area contributed by atoms with Gasteiger partial charge in [-0.25, -0.2) is 4.98 Å². The third-order valence-corrected chi connectivity index (χ3v) is 6.28. The molecule has 0 saturated carbocycles. The lowest BCUT2D eigenvalue weighted by Crippen LogP contribution is -2.12. The first kappa shape index (κ1) is 19.8. The maximum Gasteiger partial charge on any atom is 0.340 e. The SMILES string of the molecule is Cc1ccc2oc(-c3cccc(C)c3OS(=O)(=O)c3ccc(Cl)cc3Cl)nc2c1. The number of oxazole rings is 1. The minimum Gasteiger partial charge on any atom is -0.436 e. The van der Waals surface area contributed by atoms with Crippen LogP contribution in [0.5, 0.6) is 5.75 Å². The van der Waals surface area contributed by atoms with Crippen LogP contribution in [0.4, 0.5) is 0 Å². The second kappa shape index (κ2) is 7.37. The molecule has 29 heavy (non-hydrogen) atoms. The van der Waals surface area contributed by atoms with Crippen molar-refractivity contribution in [2.24, 2.45) is 0 Å². The van der Waals surface area contributed by atoms with Gasteiger partial charge in [0.05, 0.1) is 10.6 Å². The Hall–Kier alpha value is -2.54. The number of aromatic nitrogens is 1. The molecule has 0 aliphatic carbocycles. The van der Waals surface area contributed by atoms with Crippen molar-refractivity contribution in [3.63, 3.8) is 0 Å². The second-order valence-corrected chi connectivity index (χ2v) is 8.91. The van der Waals surface area contributed by atoms with Crippen molar-refractivity contribution in [1.29, 1.82) is 0 Å². The fourth-order valence-electron chi connectivity index (χ4n) is 2.92. The molecule has 1 heterocycles. The smallest absolute Gasteiger partial charge is 0.340 e. The molecule has 0 aliphatic rings. The summed E-state index contributed by atoms with van der Waals surface area (Å²) in [6, 6.07) is 14.9. The van der Waals surface area contributed by atoms with Crippen LogP contribution in [0.2, 0.25) is 10.0 Å². The van der Waals surface area contributed by atoms with Gasteiger partial charge in [0.2, 0.25) is 5.89 Å². The number of benzene rings is 3. The summed E-state index contributed by atoms with van der Waals surface area (Å²) < 4.78 is 37.1. The summed E-state index contributed by atoms with van der Waals surface area (Å²) >= 11 is 11.9. The maximum atomic E-state index is 12.9. The molecule has 0 atom stereocenters. The van der Waals surface area contributed by atoms with E-state index in [2.05, 4.69) is 4.98 Å². The Balaban J connectivity index is 1.82. The van der Waals surface area contributed by atoms with Gasteiger partial charge in [0.1, 0.15) is 10.4 Å². The molecule has 1 aromatic heterocycles. The Bertz CT molecular complexity index is 1350. The highest BCUT2D eigenvalue weighted by Crippen LogP contribution is 2.37. The van der Waals surface area contributed by atoms with E-state index in [-0.39, 0.29) is 21.6 Å². The summed E-state index contributed by atoms with van der Waals surface area (Å²) in [6.45, 7) is 3.70. The monoisotopic (exact) mass is 447 g/mol. The number of aryl methyl sites for hydroxylation is 2. The van der Waals surface area contributed by atoms with E-state index in [1.165, 1.54) is 18.2 Å². The maximum absolute atomic E-state index is 12.9. The van der Waals surface area contributed by atoms with E-state index < -0.39 is 10.1 Å². The van der Waals surface area contributed by atoms with E-state index in [0.717, 1.165) is 5.56 Å². The molecule has 148 valence electrons. The number of fused-ring (bicyclic) bond motifs is 1. The minimum atomic E-state index is -4.21. The van der Waals surface area contributed by atoms with E-state index in [4.69, 9.17) is 31.8 Å². The summed E-state index contributed by atoms with van der Waals surface area (Å²) in [4.78, 5) is 4.32. The third kappa shape index (κ3) is 3.83. The lowest BCUT2D eigenvalue weighted by molar-refractivity contribution is 0.483. The van der Waals surface area contributed by atoms with Gasteiger partial charge in [-0.3, -0.25) is 0 Å². The molecule has 4 rings (SSSR count). The average molecular weight is 448 g/mol. The molecule has 0 bridgehead atoms. The van der Waals surface area contributed by atoms with Crippen molar-refractivity contribution in [1.82, 2.24) is 4.98 Å². The molecule has 3 aromatic carbocycles. The van der Waals surface area contributed by atoms with Crippen LogP contribution in [-0.2, 0) is 10.1 Å². The summed E-state index contributed by atoms with van der Waals surface area (Å²) in [6.07, 6.45) is 0. The van der Waals surface area contributed by atoms with Crippen molar-refractivity contribution < 1.29 is 17.0 Å². The molecule has 0 aliphatic heterocycles. The van der Waals surface area contributed by atoms with Crippen molar-refractivity contribution >= 4 is 44.4 Å². The number of nitrogens with zero attached hydrogens (tertiary/aromatic N) is 1. The predicted octanol–water partition coefficient (Wildman–Crippen LogP) is 6.19. The summed E-state index contributed by atoms with van der Waals surface area (Å²) in [5.41, 5.74) is 3.35. The van der Waals surface area contributed by atoms with Gasteiger partial charge in [0.25, 0.3) is 0 Å². The number of hydrogen-bond acceptors (Lipinski definition) is 5. The largest absolute Gasteiger partial charge is 0.436 e. The van der Waals surface area contributed by atoms with Crippen LogP contribution in [0.25, 0.3) is 22.6 Å². The van der Waals surface area contributed by atoms with Crippen LogP contribution in [-0.4, -0.2) is 13.4 Å². The Kier molecular flexibility index (Phi) is 5.02. The first-order valence-electron chi connectivity index (χ1n) is 8.61. The van der Waals surface area contributed by atoms with E-state index in [1.807, 2.05) is 25.1 Å². The second-order valence-electron chi connectivity index (χ2n) is 6.55. The molecular formula is C21H15Cl2NO4S. The lowest BCUT2D eigenvalue weighted by atomic mass is 10.1. The lowest BCUT2D eigenvalue weighted by Gasteiger charge is -2.13. The molecular weight excluding hydrogens is 433 g/mol. The van der Waals surface area contributed by atoms with Crippen LogP contribution in [0.15, 0.2) is 63.9 Å². The van der Waals surface area contributed by atoms with Crippen molar-refractivity contribution in [2.75, 3.05) is 0 Å². The van der Waals surface area contributed by atoms with Gasteiger partial charge in [-0.05, 0) is 61.4 Å². The average Bonchev–Trinajstić information content (AvgIpc) is 3.05. The zero-order valence-electron chi connectivity index (χ0n) is 15.4. The number of halogens is 2. The Labute approximate surface area is 178 Å². The summed E-state index contributed by atoms with van der Waals surface area (Å²) in [7, 11) is -4.21. The van der Waals surface area contributed by atoms with E-state index in [9.17, 15) is 8.42 Å². The molecule has 8 heteroatoms.